The van der Waals surface area contributed by atoms with Crippen LogP contribution in [-0.2, 0) is 0 Å². The molecule has 0 fully saturated rings. The fourth-order valence-corrected chi connectivity index (χ4v) is 15.9. The number of aromatic nitrogens is 2. The van der Waals surface area contributed by atoms with E-state index in [-0.39, 0.29) is 0 Å². The van der Waals surface area contributed by atoms with Gasteiger partial charge in [-0.1, -0.05) is 218 Å². The minimum absolute atomic E-state index is 1.14. The molecule has 2 aromatic heterocycles. The van der Waals surface area contributed by atoms with Crippen molar-refractivity contribution in [2.45, 2.75) is 0 Å². The molecule has 13 rings (SSSR count). The number of benzene rings is 11. The second-order valence-electron chi connectivity index (χ2n) is 18.1. The van der Waals surface area contributed by atoms with Crippen LogP contribution in [0.3, 0.4) is 0 Å². The Morgan fingerprint density at radius 3 is 1.03 bits per heavy atom. The van der Waals surface area contributed by atoms with Gasteiger partial charge in [0.1, 0.15) is 0 Å². The van der Waals surface area contributed by atoms with Crippen molar-refractivity contribution in [1.29, 1.82) is 0 Å². The van der Waals surface area contributed by atoms with Gasteiger partial charge in [-0.05, 0) is 115 Å². The first kappa shape index (κ1) is 40.5. The third-order valence-electron chi connectivity index (χ3n) is 14.2. The fourth-order valence-electron chi connectivity index (χ4n) is 11.1. The molecule has 3 heteroatoms. The van der Waals surface area contributed by atoms with Gasteiger partial charge in [0.25, 0.3) is 0 Å². The van der Waals surface area contributed by atoms with Crippen LogP contribution in [0.2, 0.25) is 0 Å². The van der Waals surface area contributed by atoms with Gasteiger partial charge in [0.2, 0.25) is 0 Å². The zero-order chi connectivity index (χ0) is 45.7. The Hall–Kier alpha value is -8.76. The minimum atomic E-state index is -2.82. The van der Waals surface area contributed by atoms with Crippen LogP contribution in [0, 0.1) is 0 Å². The van der Waals surface area contributed by atoms with E-state index in [0.717, 1.165) is 11.4 Å². The highest BCUT2D eigenvalue weighted by atomic mass is 28.3. The Morgan fingerprint density at radius 1 is 0.203 bits per heavy atom. The lowest BCUT2D eigenvalue weighted by Crippen LogP contribution is -2.74. The zero-order valence-electron chi connectivity index (χ0n) is 38.0. The number of para-hydroxylation sites is 1. The molecule has 0 radical (unpaired) electrons. The van der Waals surface area contributed by atoms with Crippen LogP contribution in [0.5, 0.6) is 0 Å². The van der Waals surface area contributed by atoms with E-state index in [9.17, 15) is 0 Å². The SMILES string of the molecule is c1ccc(-c2cccc(-n3c4ccccc4c4cc(-c5ccc6c(c5)c5cc([Si](c7ccccc7)(c7ccccc7)c7ccccc7)ccc5n6-c5cccc(-c6ccccc6)c5)ccc43)c2)cc1. The summed E-state index contributed by atoms with van der Waals surface area (Å²) in [5, 5.41) is 10.4. The fraction of sp³-hybridized carbons (Fsp3) is 0. The maximum Gasteiger partial charge on any atom is 0.179 e. The summed E-state index contributed by atoms with van der Waals surface area (Å²) in [4.78, 5) is 0. The smallest absolute Gasteiger partial charge is 0.179 e. The zero-order valence-corrected chi connectivity index (χ0v) is 39.0. The van der Waals surface area contributed by atoms with Gasteiger partial charge in [-0.15, -0.1) is 0 Å². The maximum atomic E-state index is 2.54. The second kappa shape index (κ2) is 16.8. The Kier molecular flexibility index (Phi) is 9.88. The molecule has 0 N–H and O–H groups in total. The normalized spacial score (nSPS) is 11.8. The Labute approximate surface area is 403 Å². The van der Waals surface area contributed by atoms with E-state index in [4.69, 9.17) is 0 Å². The average Bonchev–Trinajstić information content (AvgIpc) is 3.94. The summed E-state index contributed by atoms with van der Waals surface area (Å²) in [6.45, 7) is 0. The van der Waals surface area contributed by atoms with Crippen molar-refractivity contribution in [2.75, 3.05) is 0 Å². The van der Waals surface area contributed by atoms with Gasteiger partial charge in [-0.25, -0.2) is 0 Å². The quantitative estimate of drug-likeness (QED) is 0.101. The summed E-state index contributed by atoms with van der Waals surface area (Å²) < 4.78 is 4.90. The van der Waals surface area contributed by atoms with E-state index < -0.39 is 8.07 Å². The largest absolute Gasteiger partial charge is 0.309 e. The van der Waals surface area contributed by atoms with Crippen LogP contribution in [0.25, 0.3) is 88.4 Å². The van der Waals surface area contributed by atoms with Gasteiger partial charge < -0.3 is 9.13 Å². The van der Waals surface area contributed by atoms with Crippen LogP contribution < -0.4 is 20.7 Å². The molecule has 13 aromatic rings. The van der Waals surface area contributed by atoms with Gasteiger partial charge in [0.15, 0.2) is 8.07 Å². The molecule has 0 bridgehead atoms. The lowest BCUT2D eigenvalue weighted by molar-refractivity contribution is 1.18. The van der Waals surface area contributed by atoms with Crippen LogP contribution in [0.15, 0.2) is 279 Å². The lowest BCUT2D eigenvalue weighted by Gasteiger charge is -2.34. The molecule has 0 aliphatic rings. The molecule has 11 aromatic carbocycles. The Bertz CT molecular complexity index is 3890. The molecule has 324 valence electrons. The van der Waals surface area contributed by atoms with Crippen LogP contribution in [0.4, 0.5) is 0 Å². The topological polar surface area (TPSA) is 9.86 Å². The summed E-state index contributed by atoms with van der Waals surface area (Å²) in [5.74, 6) is 0. The van der Waals surface area contributed by atoms with Gasteiger partial charge >= 0.3 is 0 Å². The van der Waals surface area contributed by atoms with Gasteiger partial charge in [-0.3, -0.25) is 0 Å². The molecule has 0 atom stereocenters. The molecule has 0 aliphatic carbocycles. The first-order valence-electron chi connectivity index (χ1n) is 23.8. The summed E-state index contributed by atoms with van der Waals surface area (Å²) >= 11 is 0. The van der Waals surface area contributed by atoms with Crippen molar-refractivity contribution in [2.24, 2.45) is 0 Å². The molecular weight excluding hydrogens is 849 g/mol. The molecule has 2 nitrogen and oxygen atoms in total. The van der Waals surface area contributed by atoms with Gasteiger partial charge in [-0.2, -0.15) is 0 Å². The molecular formula is C66H46N2Si. The van der Waals surface area contributed by atoms with Crippen molar-refractivity contribution in [3.8, 4) is 44.8 Å². The van der Waals surface area contributed by atoms with Crippen molar-refractivity contribution in [3.63, 3.8) is 0 Å². The third kappa shape index (κ3) is 6.78. The number of fused-ring (bicyclic) bond motifs is 6. The number of nitrogens with zero attached hydrogens (tertiary/aromatic N) is 2. The average molecular weight is 895 g/mol. The molecule has 0 saturated heterocycles. The van der Waals surface area contributed by atoms with E-state index in [2.05, 4.69) is 288 Å². The lowest BCUT2D eigenvalue weighted by atomic mass is 10.0. The minimum Gasteiger partial charge on any atom is -0.309 e. The van der Waals surface area contributed by atoms with E-state index in [1.807, 2.05) is 0 Å². The molecule has 0 spiro atoms. The predicted molar refractivity (Wildman–Crippen MR) is 295 cm³/mol. The summed E-state index contributed by atoms with van der Waals surface area (Å²) in [5.41, 5.74) is 14.2. The first-order valence-corrected chi connectivity index (χ1v) is 25.8. The van der Waals surface area contributed by atoms with E-state index in [1.54, 1.807) is 0 Å². The Morgan fingerprint density at radius 2 is 0.551 bits per heavy atom. The molecule has 2 heterocycles. The number of rotatable bonds is 9. The molecule has 0 unspecified atom stereocenters. The second-order valence-corrected chi connectivity index (χ2v) is 21.9. The van der Waals surface area contributed by atoms with E-state index in [0.29, 0.717) is 0 Å². The summed E-state index contributed by atoms with van der Waals surface area (Å²) in [6.07, 6.45) is 0. The number of hydrogen-bond donors (Lipinski definition) is 0. The van der Waals surface area contributed by atoms with Crippen molar-refractivity contribution in [1.82, 2.24) is 9.13 Å². The van der Waals surface area contributed by atoms with Gasteiger partial charge in [0.05, 0.1) is 22.1 Å². The van der Waals surface area contributed by atoms with E-state index in [1.165, 1.54) is 97.7 Å². The molecule has 0 amide bonds. The van der Waals surface area contributed by atoms with Crippen LogP contribution in [-0.4, -0.2) is 17.2 Å². The van der Waals surface area contributed by atoms with Crippen molar-refractivity contribution < 1.29 is 0 Å². The van der Waals surface area contributed by atoms with E-state index >= 15 is 0 Å². The maximum absolute atomic E-state index is 2.82. The third-order valence-corrected chi connectivity index (χ3v) is 19.0. The highest BCUT2D eigenvalue weighted by Gasteiger charge is 2.41. The van der Waals surface area contributed by atoms with Crippen molar-refractivity contribution >= 4 is 72.4 Å². The first-order chi connectivity index (χ1) is 34.2. The van der Waals surface area contributed by atoms with Crippen LogP contribution >= 0.6 is 0 Å². The van der Waals surface area contributed by atoms with Crippen LogP contribution in [0.1, 0.15) is 0 Å². The number of hydrogen-bond acceptors (Lipinski definition) is 0. The molecule has 0 aliphatic heterocycles. The molecule has 69 heavy (non-hydrogen) atoms. The molecule has 0 saturated carbocycles. The summed E-state index contributed by atoms with van der Waals surface area (Å²) in [7, 11) is -2.82. The predicted octanol–water partition coefficient (Wildman–Crippen LogP) is 14.3. The van der Waals surface area contributed by atoms with Crippen molar-refractivity contribution in [3.05, 3.63) is 279 Å². The monoisotopic (exact) mass is 894 g/mol. The highest BCUT2D eigenvalue weighted by Crippen LogP contribution is 2.39. The highest BCUT2D eigenvalue weighted by molar-refractivity contribution is 7.20. The Balaban J connectivity index is 1.04. The standard InChI is InChI=1S/C66H46N2Si/c1-6-20-47(21-7-1)49-24-18-26-53(42-49)67-63-35-17-16-34-59(63)60-44-51(36-39-64(60)67)52-37-40-65-61(45-52)62-46-58(38-41-66(62)68(65)54-27-19-25-50(43-54)48-22-8-2-9-23-48)69(55-28-10-3-11-29-55,56-30-12-4-13-31-56)57-32-14-5-15-33-57/h1-46H. The summed E-state index contributed by atoms with van der Waals surface area (Å²) in [6, 6.07) is 103. The van der Waals surface area contributed by atoms with Gasteiger partial charge in [0, 0.05) is 32.9 Å².